The first kappa shape index (κ1) is 12.7. The smallest absolute Gasteiger partial charge is 0.325 e. The van der Waals surface area contributed by atoms with Gasteiger partial charge in [-0.1, -0.05) is 6.08 Å². The summed E-state index contributed by atoms with van der Waals surface area (Å²) in [5.74, 6) is -0.390. The van der Waals surface area contributed by atoms with Gasteiger partial charge in [-0.25, -0.2) is 9.69 Å². The molecule has 1 heterocycles. The van der Waals surface area contributed by atoms with E-state index in [9.17, 15) is 19.7 Å². The predicted octanol–water partition coefficient (Wildman–Crippen LogP) is 1.60. The molecule has 0 spiro atoms. The molecule has 1 aromatic rings. The number of nitro groups is 1. The van der Waals surface area contributed by atoms with Crippen LogP contribution in [0.15, 0.2) is 36.9 Å². The summed E-state index contributed by atoms with van der Waals surface area (Å²) in [6, 6.07) is 4.07. The van der Waals surface area contributed by atoms with Gasteiger partial charge in [0.1, 0.15) is 6.04 Å². The number of carbonyl (C=O) groups is 2. The van der Waals surface area contributed by atoms with E-state index in [2.05, 4.69) is 11.9 Å². The third-order valence-corrected chi connectivity index (χ3v) is 2.74. The molecule has 1 aromatic carbocycles. The van der Waals surface area contributed by atoms with Crippen LogP contribution in [0.5, 0.6) is 0 Å². The fourth-order valence-corrected chi connectivity index (χ4v) is 1.83. The SMILES string of the molecule is C=CCC1NC(=O)N(c2ccc([N+](=O)[O-])cc2)C1=O. The van der Waals surface area contributed by atoms with Crippen LogP contribution < -0.4 is 10.2 Å². The largest absolute Gasteiger partial charge is 0.329 e. The Morgan fingerprint density at radius 3 is 2.53 bits per heavy atom. The molecule has 0 bridgehead atoms. The number of anilines is 1. The van der Waals surface area contributed by atoms with E-state index in [0.29, 0.717) is 12.1 Å². The third kappa shape index (κ3) is 2.30. The number of carbonyl (C=O) groups excluding carboxylic acids is 2. The minimum absolute atomic E-state index is 0.0987. The maximum atomic E-state index is 12.0. The number of hydrogen-bond acceptors (Lipinski definition) is 4. The molecule has 7 heteroatoms. The lowest BCUT2D eigenvalue weighted by Gasteiger charge is -2.12. The second kappa shape index (κ2) is 4.89. The number of nitro benzene ring substituents is 1. The van der Waals surface area contributed by atoms with Gasteiger partial charge in [-0.15, -0.1) is 6.58 Å². The van der Waals surface area contributed by atoms with Gasteiger partial charge in [-0.2, -0.15) is 0 Å². The van der Waals surface area contributed by atoms with Crippen LogP contribution >= 0.6 is 0 Å². The summed E-state index contributed by atoms with van der Waals surface area (Å²) in [5, 5.41) is 13.1. The molecule has 1 saturated heterocycles. The highest BCUT2D eigenvalue weighted by Gasteiger charge is 2.38. The zero-order chi connectivity index (χ0) is 14.0. The van der Waals surface area contributed by atoms with Crippen molar-refractivity contribution < 1.29 is 14.5 Å². The second-order valence-electron chi connectivity index (χ2n) is 3.97. The van der Waals surface area contributed by atoms with Gasteiger partial charge in [-0.05, 0) is 18.6 Å². The summed E-state index contributed by atoms with van der Waals surface area (Å²) >= 11 is 0. The number of imide groups is 1. The van der Waals surface area contributed by atoms with Crippen LogP contribution in [-0.2, 0) is 4.79 Å². The number of benzene rings is 1. The molecule has 7 nitrogen and oxygen atoms in total. The van der Waals surface area contributed by atoms with Crippen molar-refractivity contribution in [2.24, 2.45) is 0 Å². The molecule has 3 amide bonds. The molecule has 1 atom stereocenters. The van der Waals surface area contributed by atoms with E-state index in [0.717, 1.165) is 4.90 Å². The summed E-state index contributed by atoms with van der Waals surface area (Å²) in [6.07, 6.45) is 1.89. The molecule has 1 N–H and O–H groups in total. The van der Waals surface area contributed by atoms with Crippen LogP contribution in [0.1, 0.15) is 6.42 Å². The van der Waals surface area contributed by atoms with Crippen molar-refractivity contribution in [3.8, 4) is 0 Å². The van der Waals surface area contributed by atoms with E-state index < -0.39 is 22.9 Å². The molecular formula is C12H11N3O4. The van der Waals surface area contributed by atoms with E-state index >= 15 is 0 Å². The van der Waals surface area contributed by atoms with Gasteiger partial charge in [-0.3, -0.25) is 14.9 Å². The highest BCUT2D eigenvalue weighted by Crippen LogP contribution is 2.23. The molecule has 1 unspecified atom stereocenters. The molecule has 1 aliphatic heterocycles. The first-order valence-electron chi connectivity index (χ1n) is 5.54. The van der Waals surface area contributed by atoms with Gasteiger partial charge in [0.05, 0.1) is 10.6 Å². The van der Waals surface area contributed by atoms with Crippen LogP contribution in [0.25, 0.3) is 0 Å². The Bertz CT molecular complexity index is 553. The van der Waals surface area contributed by atoms with Gasteiger partial charge in [0.25, 0.3) is 11.6 Å². The Morgan fingerprint density at radius 2 is 2.00 bits per heavy atom. The predicted molar refractivity (Wildman–Crippen MR) is 67.7 cm³/mol. The number of amides is 3. The van der Waals surface area contributed by atoms with Crippen LogP contribution in [0.4, 0.5) is 16.2 Å². The fraction of sp³-hybridized carbons (Fsp3) is 0.167. The maximum absolute atomic E-state index is 12.0. The summed E-state index contributed by atoms with van der Waals surface area (Å²) in [6.45, 7) is 3.52. The van der Waals surface area contributed by atoms with E-state index in [-0.39, 0.29) is 5.69 Å². The highest BCUT2D eigenvalue weighted by atomic mass is 16.6. The Hall–Kier alpha value is -2.70. The average molecular weight is 261 g/mol. The Balaban J connectivity index is 2.26. The van der Waals surface area contributed by atoms with Crippen molar-refractivity contribution >= 4 is 23.3 Å². The summed E-state index contributed by atoms with van der Waals surface area (Å²) < 4.78 is 0. The fourth-order valence-electron chi connectivity index (χ4n) is 1.83. The zero-order valence-electron chi connectivity index (χ0n) is 9.91. The van der Waals surface area contributed by atoms with Crippen LogP contribution in [0, 0.1) is 10.1 Å². The number of nitrogens with zero attached hydrogens (tertiary/aromatic N) is 2. The highest BCUT2D eigenvalue weighted by molar-refractivity contribution is 6.21. The summed E-state index contributed by atoms with van der Waals surface area (Å²) in [4.78, 5) is 34.7. The molecule has 1 fully saturated rings. The number of urea groups is 1. The van der Waals surface area contributed by atoms with Crippen LogP contribution in [0.2, 0.25) is 0 Å². The van der Waals surface area contributed by atoms with Crippen LogP contribution in [-0.4, -0.2) is 22.9 Å². The van der Waals surface area contributed by atoms with Crippen molar-refractivity contribution in [2.75, 3.05) is 4.90 Å². The molecule has 98 valence electrons. The molecule has 2 rings (SSSR count). The van der Waals surface area contributed by atoms with E-state index in [1.165, 1.54) is 24.3 Å². The van der Waals surface area contributed by atoms with Gasteiger partial charge >= 0.3 is 6.03 Å². The topological polar surface area (TPSA) is 92.6 Å². The molecule has 1 aliphatic rings. The minimum atomic E-state index is -0.625. The lowest BCUT2D eigenvalue weighted by molar-refractivity contribution is -0.384. The standard InChI is InChI=1S/C12H11N3O4/c1-2-3-10-11(16)14(12(17)13-10)8-4-6-9(7-5-8)15(18)19/h2,4-7,10H,1,3H2,(H,13,17). The van der Waals surface area contributed by atoms with E-state index in [1.54, 1.807) is 6.08 Å². The van der Waals surface area contributed by atoms with Gasteiger partial charge in [0.15, 0.2) is 0 Å². The molecule has 19 heavy (non-hydrogen) atoms. The minimum Gasteiger partial charge on any atom is -0.325 e. The molecule has 0 radical (unpaired) electrons. The summed E-state index contributed by atoms with van der Waals surface area (Å²) in [5.41, 5.74) is 0.207. The van der Waals surface area contributed by atoms with Gasteiger partial charge < -0.3 is 5.32 Å². The first-order chi connectivity index (χ1) is 9.04. The lowest BCUT2D eigenvalue weighted by atomic mass is 10.2. The lowest BCUT2D eigenvalue weighted by Crippen LogP contribution is -2.31. The molecule has 0 aliphatic carbocycles. The molecule has 0 aromatic heterocycles. The van der Waals surface area contributed by atoms with Crippen LogP contribution in [0.3, 0.4) is 0 Å². The number of rotatable bonds is 4. The average Bonchev–Trinajstić information content (AvgIpc) is 2.65. The van der Waals surface area contributed by atoms with Crippen molar-refractivity contribution in [3.05, 3.63) is 47.0 Å². The van der Waals surface area contributed by atoms with Gasteiger partial charge in [0, 0.05) is 12.1 Å². The quantitative estimate of drug-likeness (QED) is 0.385. The normalized spacial score (nSPS) is 18.3. The molecule has 0 saturated carbocycles. The van der Waals surface area contributed by atoms with Crippen molar-refractivity contribution in [1.29, 1.82) is 0 Å². The Morgan fingerprint density at radius 1 is 1.37 bits per heavy atom. The van der Waals surface area contributed by atoms with Crippen molar-refractivity contribution in [1.82, 2.24) is 5.32 Å². The van der Waals surface area contributed by atoms with E-state index in [1.807, 2.05) is 0 Å². The number of nitrogens with one attached hydrogen (secondary N) is 1. The van der Waals surface area contributed by atoms with Crippen molar-refractivity contribution in [2.45, 2.75) is 12.5 Å². The molecular weight excluding hydrogens is 250 g/mol. The number of hydrogen-bond donors (Lipinski definition) is 1. The van der Waals surface area contributed by atoms with Gasteiger partial charge in [0.2, 0.25) is 0 Å². The number of non-ortho nitro benzene ring substituents is 1. The van der Waals surface area contributed by atoms with E-state index in [4.69, 9.17) is 0 Å². The van der Waals surface area contributed by atoms with Crippen molar-refractivity contribution in [3.63, 3.8) is 0 Å². The maximum Gasteiger partial charge on any atom is 0.329 e. The Labute approximate surface area is 108 Å². The first-order valence-corrected chi connectivity index (χ1v) is 5.54. The third-order valence-electron chi connectivity index (χ3n) is 2.74. The zero-order valence-corrected chi connectivity index (χ0v) is 9.91. The second-order valence-corrected chi connectivity index (χ2v) is 3.97. The monoisotopic (exact) mass is 261 g/mol. The Kier molecular flexibility index (Phi) is 3.28. The summed E-state index contributed by atoms with van der Waals surface area (Å²) in [7, 11) is 0.